The molecule has 2 nitrogen and oxygen atoms in total. The maximum atomic E-state index is 9.01. The zero-order chi connectivity index (χ0) is 11.6. The standard InChI is InChI=1S/C14H21NO/c1-14(2)8-3-9-15(11-14)13-6-4-12(10-16)5-7-13/h4-7,16H,3,8-11H2,1-2H3. The fraction of sp³-hybridized carbons (Fsp3) is 0.571. The van der Waals surface area contributed by atoms with Gasteiger partial charge in [-0.15, -0.1) is 0 Å². The number of rotatable bonds is 2. The average Bonchev–Trinajstić information content (AvgIpc) is 2.28. The van der Waals surface area contributed by atoms with Crippen LogP contribution in [0.3, 0.4) is 0 Å². The Morgan fingerprint density at radius 2 is 1.94 bits per heavy atom. The molecule has 1 heterocycles. The van der Waals surface area contributed by atoms with Crippen molar-refractivity contribution >= 4 is 5.69 Å². The summed E-state index contributed by atoms with van der Waals surface area (Å²) in [6.07, 6.45) is 2.59. The first-order valence-electron chi connectivity index (χ1n) is 6.05. The van der Waals surface area contributed by atoms with E-state index in [9.17, 15) is 0 Å². The summed E-state index contributed by atoms with van der Waals surface area (Å²) in [7, 11) is 0. The van der Waals surface area contributed by atoms with Crippen molar-refractivity contribution in [3.05, 3.63) is 29.8 Å². The van der Waals surface area contributed by atoms with Crippen LogP contribution >= 0.6 is 0 Å². The molecule has 0 bridgehead atoms. The van der Waals surface area contributed by atoms with Crippen LogP contribution in [-0.4, -0.2) is 18.2 Å². The molecule has 0 unspecified atom stereocenters. The van der Waals surface area contributed by atoms with E-state index in [1.165, 1.54) is 18.5 Å². The van der Waals surface area contributed by atoms with Gasteiger partial charge in [0, 0.05) is 18.8 Å². The average molecular weight is 219 g/mol. The van der Waals surface area contributed by atoms with Crippen LogP contribution in [0.5, 0.6) is 0 Å². The molecule has 2 rings (SSSR count). The van der Waals surface area contributed by atoms with E-state index in [2.05, 4.69) is 30.9 Å². The van der Waals surface area contributed by atoms with Crippen LogP contribution in [0, 0.1) is 5.41 Å². The predicted octanol–water partition coefficient (Wildman–Crippen LogP) is 2.81. The van der Waals surface area contributed by atoms with Gasteiger partial charge in [0.2, 0.25) is 0 Å². The molecular formula is C14H21NO. The zero-order valence-electron chi connectivity index (χ0n) is 10.2. The highest BCUT2D eigenvalue weighted by molar-refractivity contribution is 5.48. The second-order valence-electron chi connectivity index (χ2n) is 5.51. The number of aliphatic hydroxyl groups excluding tert-OH is 1. The number of anilines is 1. The molecule has 1 aromatic rings. The monoisotopic (exact) mass is 219 g/mol. The first kappa shape index (κ1) is 11.5. The van der Waals surface area contributed by atoms with Crippen LogP contribution in [-0.2, 0) is 6.61 Å². The van der Waals surface area contributed by atoms with Gasteiger partial charge < -0.3 is 10.0 Å². The molecular weight excluding hydrogens is 198 g/mol. The van der Waals surface area contributed by atoms with Crippen molar-refractivity contribution in [2.45, 2.75) is 33.3 Å². The zero-order valence-corrected chi connectivity index (χ0v) is 10.2. The minimum absolute atomic E-state index is 0.131. The fourth-order valence-electron chi connectivity index (χ4n) is 2.46. The Bertz CT molecular complexity index is 342. The number of hydrogen-bond acceptors (Lipinski definition) is 2. The third-order valence-corrected chi connectivity index (χ3v) is 3.38. The van der Waals surface area contributed by atoms with Crippen LogP contribution in [0.2, 0.25) is 0 Å². The minimum Gasteiger partial charge on any atom is -0.392 e. The molecule has 1 N–H and O–H groups in total. The molecule has 1 aliphatic heterocycles. The molecule has 1 fully saturated rings. The molecule has 1 aromatic carbocycles. The predicted molar refractivity (Wildman–Crippen MR) is 67.6 cm³/mol. The molecule has 2 heteroatoms. The largest absolute Gasteiger partial charge is 0.392 e. The summed E-state index contributed by atoms with van der Waals surface area (Å²) in [6.45, 7) is 7.08. The number of nitrogens with zero attached hydrogens (tertiary/aromatic N) is 1. The summed E-state index contributed by atoms with van der Waals surface area (Å²) >= 11 is 0. The van der Waals surface area contributed by atoms with E-state index < -0.39 is 0 Å². The lowest BCUT2D eigenvalue weighted by Crippen LogP contribution is -2.40. The van der Waals surface area contributed by atoms with Gasteiger partial charge in [-0.2, -0.15) is 0 Å². The quantitative estimate of drug-likeness (QED) is 0.826. The Morgan fingerprint density at radius 1 is 1.25 bits per heavy atom. The van der Waals surface area contributed by atoms with Gasteiger partial charge in [0.25, 0.3) is 0 Å². The highest BCUT2D eigenvalue weighted by Crippen LogP contribution is 2.31. The Labute approximate surface area is 97.9 Å². The van der Waals surface area contributed by atoms with Gasteiger partial charge in [0.05, 0.1) is 6.61 Å². The van der Waals surface area contributed by atoms with Crippen LogP contribution in [0.15, 0.2) is 24.3 Å². The van der Waals surface area contributed by atoms with E-state index in [4.69, 9.17) is 5.11 Å². The van der Waals surface area contributed by atoms with Crippen LogP contribution in [0.25, 0.3) is 0 Å². The second kappa shape index (κ2) is 4.46. The Balaban J connectivity index is 2.11. The number of benzene rings is 1. The first-order chi connectivity index (χ1) is 7.61. The summed E-state index contributed by atoms with van der Waals surface area (Å²) in [5.74, 6) is 0. The van der Waals surface area contributed by atoms with Gasteiger partial charge in [-0.25, -0.2) is 0 Å². The summed E-state index contributed by atoms with van der Waals surface area (Å²) in [6, 6.07) is 8.26. The molecule has 0 spiro atoms. The van der Waals surface area contributed by atoms with E-state index in [1.807, 2.05) is 12.1 Å². The van der Waals surface area contributed by atoms with Gasteiger partial charge >= 0.3 is 0 Å². The Morgan fingerprint density at radius 3 is 2.50 bits per heavy atom. The number of aliphatic hydroxyl groups is 1. The lowest BCUT2D eigenvalue weighted by atomic mass is 9.84. The summed E-state index contributed by atoms with van der Waals surface area (Å²) in [5, 5.41) is 9.01. The minimum atomic E-state index is 0.131. The van der Waals surface area contributed by atoms with Gasteiger partial charge in [-0.1, -0.05) is 26.0 Å². The SMILES string of the molecule is CC1(C)CCCN(c2ccc(CO)cc2)C1. The Hall–Kier alpha value is -1.02. The third kappa shape index (κ3) is 2.56. The van der Waals surface area contributed by atoms with E-state index in [1.54, 1.807) is 0 Å². The third-order valence-electron chi connectivity index (χ3n) is 3.38. The van der Waals surface area contributed by atoms with E-state index in [0.29, 0.717) is 5.41 Å². The van der Waals surface area contributed by atoms with Crippen molar-refractivity contribution in [1.82, 2.24) is 0 Å². The van der Waals surface area contributed by atoms with E-state index >= 15 is 0 Å². The van der Waals surface area contributed by atoms with Crippen LogP contribution < -0.4 is 4.90 Å². The molecule has 16 heavy (non-hydrogen) atoms. The van der Waals surface area contributed by atoms with Gasteiger partial charge in [-0.3, -0.25) is 0 Å². The molecule has 1 saturated heterocycles. The molecule has 0 aromatic heterocycles. The van der Waals surface area contributed by atoms with Crippen LogP contribution in [0.4, 0.5) is 5.69 Å². The van der Waals surface area contributed by atoms with Gasteiger partial charge in [0.1, 0.15) is 0 Å². The smallest absolute Gasteiger partial charge is 0.0681 e. The highest BCUT2D eigenvalue weighted by Gasteiger charge is 2.26. The maximum Gasteiger partial charge on any atom is 0.0681 e. The molecule has 0 atom stereocenters. The fourth-order valence-corrected chi connectivity index (χ4v) is 2.46. The first-order valence-corrected chi connectivity index (χ1v) is 6.05. The summed E-state index contributed by atoms with van der Waals surface area (Å²) < 4.78 is 0. The topological polar surface area (TPSA) is 23.5 Å². The van der Waals surface area contributed by atoms with Crippen molar-refractivity contribution in [3.8, 4) is 0 Å². The highest BCUT2D eigenvalue weighted by atomic mass is 16.3. The lowest BCUT2D eigenvalue weighted by molar-refractivity contribution is 0.281. The molecule has 0 radical (unpaired) electrons. The summed E-state index contributed by atoms with van der Waals surface area (Å²) in [5.41, 5.74) is 2.69. The van der Waals surface area contributed by atoms with Crippen molar-refractivity contribution in [2.24, 2.45) is 5.41 Å². The molecule has 88 valence electrons. The molecule has 0 aliphatic carbocycles. The number of hydrogen-bond donors (Lipinski definition) is 1. The van der Waals surface area contributed by atoms with Crippen molar-refractivity contribution < 1.29 is 5.11 Å². The second-order valence-corrected chi connectivity index (χ2v) is 5.51. The molecule has 0 saturated carbocycles. The number of piperidine rings is 1. The van der Waals surface area contributed by atoms with Crippen molar-refractivity contribution in [3.63, 3.8) is 0 Å². The van der Waals surface area contributed by atoms with E-state index in [-0.39, 0.29) is 6.61 Å². The normalized spacial score (nSPS) is 19.8. The van der Waals surface area contributed by atoms with Crippen molar-refractivity contribution in [2.75, 3.05) is 18.0 Å². The maximum absolute atomic E-state index is 9.01. The summed E-state index contributed by atoms with van der Waals surface area (Å²) in [4.78, 5) is 2.45. The Kier molecular flexibility index (Phi) is 3.20. The van der Waals surface area contributed by atoms with E-state index in [0.717, 1.165) is 18.7 Å². The molecule has 0 amide bonds. The lowest BCUT2D eigenvalue weighted by Gasteiger charge is -2.39. The molecule has 1 aliphatic rings. The van der Waals surface area contributed by atoms with Crippen LogP contribution in [0.1, 0.15) is 32.3 Å². The van der Waals surface area contributed by atoms with Gasteiger partial charge in [0.15, 0.2) is 0 Å². The van der Waals surface area contributed by atoms with Gasteiger partial charge in [-0.05, 0) is 36.0 Å². The van der Waals surface area contributed by atoms with Crippen molar-refractivity contribution in [1.29, 1.82) is 0 Å².